The number of rotatable bonds is 7. The highest BCUT2D eigenvalue weighted by Crippen LogP contribution is 2.32. The van der Waals surface area contributed by atoms with Gasteiger partial charge in [0, 0.05) is 18.6 Å². The fourth-order valence-electron chi connectivity index (χ4n) is 2.26. The van der Waals surface area contributed by atoms with Gasteiger partial charge in [0.1, 0.15) is 5.75 Å². The van der Waals surface area contributed by atoms with Gasteiger partial charge < -0.3 is 15.4 Å². The van der Waals surface area contributed by atoms with Crippen LogP contribution in [-0.2, 0) is 6.42 Å². The molecule has 0 bridgehead atoms. The highest BCUT2D eigenvalue weighted by Gasteiger charge is 2.38. The van der Waals surface area contributed by atoms with Crippen molar-refractivity contribution < 1.29 is 4.74 Å². The average Bonchev–Trinajstić information content (AvgIpc) is 3.05. The fraction of sp³-hybridized carbons (Fsp3) is 0.625. The predicted octanol–water partition coefficient (Wildman–Crippen LogP) is 2.44. The van der Waals surface area contributed by atoms with E-state index in [0.29, 0.717) is 0 Å². The molecule has 2 rings (SSSR count). The molecule has 0 aliphatic heterocycles. The summed E-state index contributed by atoms with van der Waals surface area (Å²) in [7, 11) is 2.16. The van der Waals surface area contributed by atoms with Crippen molar-refractivity contribution in [2.75, 3.05) is 20.1 Å². The van der Waals surface area contributed by atoms with Crippen molar-refractivity contribution in [2.45, 2.75) is 44.8 Å². The van der Waals surface area contributed by atoms with Crippen LogP contribution in [0.1, 0.15) is 32.3 Å². The molecule has 0 heterocycles. The molecular weight excluding hydrogens is 236 g/mol. The Labute approximate surface area is 116 Å². The second-order valence-electron chi connectivity index (χ2n) is 6.16. The molecule has 0 unspecified atom stereocenters. The smallest absolute Gasteiger partial charge is 0.119 e. The first kappa shape index (κ1) is 14.4. The van der Waals surface area contributed by atoms with Crippen molar-refractivity contribution >= 4 is 0 Å². The average molecular weight is 262 g/mol. The van der Waals surface area contributed by atoms with Gasteiger partial charge in [0.05, 0.1) is 6.10 Å². The van der Waals surface area contributed by atoms with E-state index in [1.54, 1.807) is 0 Å². The first-order chi connectivity index (χ1) is 8.97. The van der Waals surface area contributed by atoms with Gasteiger partial charge in [0.25, 0.3) is 0 Å². The van der Waals surface area contributed by atoms with Crippen LogP contribution in [0.2, 0.25) is 0 Å². The zero-order valence-corrected chi connectivity index (χ0v) is 12.4. The summed E-state index contributed by atoms with van der Waals surface area (Å²) >= 11 is 0. The normalized spacial score (nSPS) is 16.9. The third-order valence-corrected chi connectivity index (χ3v) is 3.55. The van der Waals surface area contributed by atoms with E-state index in [1.165, 1.54) is 18.4 Å². The van der Waals surface area contributed by atoms with Crippen molar-refractivity contribution in [3.05, 3.63) is 29.8 Å². The second kappa shape index (κ2) is 5.93. The van der Waals surface area contributed by atoms with Gasteiger partial charge in [-0.3, -0.25) is 0 Å². The van der Waals surface area contributed by atoms with Crippen LogP contribution in [0, 0.1) is 0 Å². The number of nitrogens with two attached hydrogens (primary N) is 1. The minimum Gasteiger partial charge on any atom is -0.491 e. The second-order valence-corrected chi connectivity index (χ2v) is 6.16. The Morgan fingerprint density at radius 3 is 2.42 bits per heavy atom. The van der Waals surface area contributed by atoms with E-state index >= 15 is 0 Å². The molecule has 0 radical (unpaired) electrons. The van der Waals surface area contributed by atoms with Gasteiger partial charge in [0.15, 0.2) is 0 Å². The van der Waals surface area contributed by atoms with Crippen molar-refractivity contribution in [2.24, 2.45) is 5.73 Å². The molecule has 0 aromatic heterocycles. The summed E-state index contributed by atoms with van der Waals surface area (Å²) in [6.07, 6.45) is 3.65. The molecule has 0 saturated heterocycles. The summed E-state index contributed by atoms with van der Waals surface area (Å²) in [4.78, 5) is 2.34. The van der Waals surface area contributed by atoms with Crippen molar-refractivity contribution in [3.63, 3.8) is 0 Å². The molecule has 1 aliphatic carbocycles. The lowest BCUT2D eigenvalue weighted by Gasteiger charge is -2.20. The summed E-state index contributed by atoms with van der Waals surface area (Å²) in [5.41, 5.74) is 7.59. The van der Waals surface area contributed by atoms with Gasteiger partial charge in [-0.25, -0.2) is 0 Å². The van der Waals surface area contributed by atoms with Gasteiger partial charge in [-0.2, -0.15) is 0 Å². The van der Waals surface area contributed by atoms with Gasteiger partial charge in [0.2, 0.25) is 0 Å². The van der Waals surface area contributed by atoms with Crippen LogP contribution in [0.25, 0.3) is 0 Å². The molecule has 0 amide bonds. The molecule has 1 saturated carbocycles. The minimum absolute atomic E-state index is 0.115. The predicted molar refractivity (Wildman–Crippen MR) is 79.6 cm³/mol. The van der Waals surface area contributed by atoms with Gasteiger partial charge in [-0.15, -0.1) is 0 Å². The lowest BCUT2D eigenvalue weighted by Crippen LogP contribution is -2.38. The van der Waals surface area contributed by atoms with Crippen LogP contribution in [-0.4, -0.2) is 36.7 Å². The SMILES string of the molecule is CC(C)Oc1ccc(CCN(C)CC2(N)CC2)cc1. The van der Waals surface area contributed by atoms with Gasteiger partial charge in [-0.05, 0) is 57.9 Å². The van der Waals surface area contributed by atoms with E-state index < -0.39 is 0 Å². The number of ether oxygens (including phenoxy) is 1. The van der Waals surface area contributed by atoms with E-state index in [9.17, 15) is 0 Å². The third kappa shape index (κ3) is 4.84. The number of nitrogens with zero attached hydrogens (tertiary/aromatic N) is 1. The Hall–Kier alpha value is -1.06. The third-order valence-electron chi connectivity index (χ3n) is 3.55. The van der Waals surface area contributed by atoms with Crippen LogP contribution in [0.5, 0.6) is 5.75 Å². The maximum Gasteiger partial charge on any atom is 0.119 e. The van der Waals surface area contributed by atoms with E-state index in [-0.39, 0.29) is 11.6 Å². The lowest BCUT2D eigenvalue weighted by molar-refractivity contribution is 0.242. The zero-order valence-electron chi connectivity index (χ0n) is 12.4. The quantitative estimate of drug-likeness (QED) is 0.820. The molecule has 3 heteroatoms. The van der Waals surface area contributed by atoms with Crippen LogP contribution in [0.3, 0.4) is 0 Å². The summed E-state index contributed by atoms with van der Waals surface area (Å²) in [6, 6.07) is 8.42. The fourth-order valence-corrected chi connectivity index (χ4v) is 2.26. The summed E-state index contributed by atoms with van der Waals surface area (Å²) < 4.78 is 5.64. The Balaban J connectivity index is 1.76. The Morgan fingerprint density at radius 1 is 1.26 bits per heavy atom. The van der Waals surface area contributed by atoms with E-state index in [2.05, 4.69) is 36.2 Å². The van der Waals surface area contributed by atoms with Crippen molar-refractivity contribution in [1.82, 2.24) is 4.90 Å². The molecule has 0 spiro atoms. The first-order valence-corrected chi connectivity index (χ1v) is 7.20. The van der Waals surface area contributed by atoms with Crippen LogP contribution >= 0.6 is 0 Å². The number of benzene rings is 1. The lowest BCUT2D eigenvalue weighted by atomic mass is 10.1. The molecule has 2 N–H and O–H groups in total. The van der Waals surface area contributed by atoms with E-state index in [4.69, 9.17) is 10.5 Å². The topological polar surface area (TPSA) is 38.5 Å². The minimum atomic E-state index is 0.115. The van der Waals surface area contributed by atoms with Gasteiger partial charge in [-0.1, -0.05) is 12.1 Å². The monoisotopic (exact) mass is 262 g/mol. The van der Waals surface area contributed by atoms with Gasteiger partial charge >= 0.3 is 0 Å². The Bertz CT molecular complexity index is 396. The van der Waals surface area contributed by atoms with Crippen LogP contribution in [0.15, 0.2) is 24.3 Å². The molecule has 19 heavy (non-hydrogen) atoms. The number of likely N-dealkylation sites (N-methyl/N-ethyl adjacent to an activating group) is 1. The molecule has 1 aromatic rings. The summed E-state index contributed by atoms with van der Waals surface area (Å²) in [5.74, 6) is 0.950. The molecule has 0 atom stereocenters. The van der Waals surface area contributed by atoms with Crippen LogP contribution in [0.4, 0.5) is 0 Å². The maximum absolute atomic E-state index is 6.12. The number of hydrogen-bond donors (Lipinski definition) is 1. The maximum atomic E-state index is 6.12. The largest absolute Gasteiger partial charge is 0.491 e. The Kier molecular flexibility index (Phi) is 4.48. The zero-order chi connectivity index (χ0) is 13.9. The molecule has 3 nitrogen and oxygen atoms in total. The summed E-state index contributed by atoms with van der Waals surface area (Å²) in [5, 5.41) is 0. The summed E-state index contributed by atoms with van der Waals surface area (Å²) in [6.45, 7) is 6.16. The Morgan fingerprint density at radius 2 is 1.89 bits per heavy atom. The molecule has 1 aromatic carbocycles. The van der Waals surface area contributed by atoms with Crippen molar-refractivity contribution in [1.29, 1.82) is 0 Å². The standard InChI is InChI=1S/C16H26N2O/c1-13(2)19-15-6-4-14(5-7-15)8-11-18(3)12-16(17)9-10-16/h4-7,13H,8-12,17H2,1-3H3. The molecule has 1 fully saturated rings. The first-order valence-electron chi connectivity index (χ1n) is 7.20. The van der Waals surface area contributed by atoms with Crippen molar-refractivity contribution in [3.8, 4) is 5.75 Å². The molecule has 1 aliphatic rings. The highest BCUT2D eigenvalue weighted by molar-refractivity contribution is 5.27. The molecule has 106 valence electrons. The highest BCUT2D eigenvalue weighted by atomic mass is 16.5. The number of hydrogen-bond acceptors (Lipinski definition) is 3. The van der Waals surface area contributed by atoms with E-state index in [0.717, 1.165) is 25.3 Å². The van der Waals surface area contributed by atoms with Crippen LogP contribution < -0.4 is 10.5 Å². The van der Waals surface area contributed by atoms with E-state index in [1.807, 2.05) is 13.8 Å². The molecular formula is C16H26N2O.